The SMILES string of the molecule is O=C(O)CC1(O)CCCCC1c1ccc(Br)s1. The summed E-state index contributed by atoms with van der Waals surface area (Å²) >= 11 is 5.00. The molecule has 0 amide bonds. The van der Waals surface area contributed by atoms with Crippen LogP contribution in [0.5, 0.6) is 0 Å². The van der Waals surface area contributed by atoms with Gasteiger partial charge < -0.3 is 10.2 Å². The summed E-state index contributed by atoms with van der Waals surface area (Å²) in [6, 6.07) is 3.94. The molecule has 1 aromatic heterocycles. The Balaban J connectivity index is 2.25. The highest BCUT2D eigenvalue weighted by Gasteiger charge is 2.42. The van der Waals surface area contributed by atoms with Crippen LogP contribution in [0.15, 0.2) is 15.9 Å². The summed E-state index contributed by atoms with van der Waals surface area (Å²) in [5.41, 5.74) is -1.08. The van der Waals surface area contributed by atoms with Crippen molar-refractivity contribution in [1.29, 1.82) is 0 Å². The maximum Gasteiger partial charge on any atom is 0.306 e. The first-order chi connectivity index (χ1) is 8.01. The number of aliphatic carboxylic acids is 1. The van der Waals surface area contributed by atoms with Crippen LogP contribution >= 0.6 is 27.3 Å². The number of carboxylic acid groups (broad SMARTS) is 1. The monoisotopic (exact) mass is 318 g/mol. The number of carboxylic acids is 1. The van der Waals surface area contributed by atoms with Gasteiger partial charge in [-0.05, 0) is 40.9 Å². The third-order valence-electron chi connectivity index (χ3n) is 3.40. The fourth-order valence-electron chi connectivity index (χ4n) is 2.62. The average Bonchev–Trinajstić information content (AvgIpc) is 2.63. The van der Waals surface area contributed by atoms with Crippen molar-refractivity contribution in [2.75, 3.05) is 0 Å². The van der Waals surface area contributed by atoms with E-state index in [0.717, 1.165) is 27.9 Å². The molecule has 0 aliphatic heterocycles. The molecule has 0 aromatic carbocycles. The molecule has 1 heterocycles. The van der Waals surface area contributed by atoms with Gasteiger partial charge in [-0.25, -0.2) is 0 Å². The van der Waals surface area contributed by atoms with E-state index >= 15 is 0 Å². The summed E-state index contributed by atoms with van der Waals surface area (Å²) in [5, 5.41) is 19.5. The van der Waals surface area contributed by atoms with Crippen LogP contribution < -0.4 is 0 Å². The van der Waals surface area contributed by atoms with E-state index < -0.39 is 11.6 Å². The van der Waals surface area contributed by atoms with Crippen molar-refractivity contribution in [2.24, 2.45) is 0 Å². The van der Waals surface area contributed by atoms with Crippen molar-refractivity contribution in [2.45, 2.75) is 43.6 Å². The van der Waals surface area contributed by atoms with E-state index in [4.69, 9.17) is 5.11 Å². The van der Waals surface area contributed by atoms with Gasteiger partial charge in [0, 0.05) is 10.8 Å². The molecule has 1 saturated carbocycles. The number of aliphatic hydroxyl groups is 1. The van der Waals surface area contributed by atoms with Gasteiger partial charge in [0.1, 0.15) is 0 Å². The zero-order chi connectivity index (χ0) is 12.5. The third-order valence-corrected chi connectivity index (χ3v) is 5.13. The Labute approximate surface area is 113 Å². The number of carbonyl (C=O) groups is 1. The molecule has 2 atom stereocenters. The second-order valence-electron chi connectivity index (χ2n) is 4.61. The van der Waals surface area contributed by atoms with Gasteiger partial charge in [0.15, 0.2) is 0 Å². The molecule has 2 N–H and O–H groups in total. The molecule has 0 bridgehead atoms. The lowest BCUT2D eigenvalue weighted by Gasteiger charge is -2.38. The lowest BCUT2D eigenvalue weighted by atomic mass is 9.73. The molecule has 2 rings (SSSR count). The summed E-state index contributed by atoms with van der Waals surface area (Å²) in [4.78, 5) is 12.0. The van der Waals surface area contributed by atoms with E-state index in [1.165, 1.54) is 0 Å². The van der Waals surface area contributed by atoms with Gasteiger partial charge in [0.05, 0.1) is 15.8 Å². The van der Waals surface area contributed by atoms with Crippen LogP contribution in [-0.2, 0) is 4.79 Å². The lowest BCUT2D eigenvalue weighted by Crippen LogP contribution is -2.40. The molecular weight excluding hydrogens is 304 g/mol. The minimum Gasteiger partial charge on any atom is -0.481 e. The average molecular weight is 319 g/mol. The Morgan fingerprint density at radius 1 is 1.53 bits per heavy atom. The molecule has 1 fully saturated rings. The van der Waals surface area contributed by atoms with Gasteiger partial charge >= 0.3 is 5.97 Å². The molecule has 5 heteroatoms. The standard InChI is InChI=1S/C12H15BrO3S/c13-10-5-4-9(17-10)8-3-1-2-6-12(8,16)7-11(14)15/h4-5,8,16H,1-3,6-7H2,(H,14,15). The zero-order valence-corrected chi connectivity index (χ0v) is 11.8. The second kappa shape index (κ2) is 5.08. The van der Waals surface area contributed by atoms with E-state index in [1.807, 2.05) is 12.1 Å². The first-order valence-electron chi connectivity index (χ1n) is 5.71. The molecular formula is C12H15BrO3S. The third kappa shape index (κ3) is 2.89. The van der Waals surface area contributed by atoms with Crippen molar-refractivity contribution in [1.82, 2.24) is 0 Å². The molecule has 2 unspecified atom stereocenters. The van der Waals surface area contributed by atoms with Crippen molar-refractivity contribution in [3.63, 3.8) is 0 Å². The fourth-order valence-corrected chi connectivity index (χ4v) is 4.29. The van der Waals surface area contributed by atoms with Gasteiger partial charge in [-0.15, -0.1) is 11.3 Å². The zero-order valence-electron chi connectivity index (χ0n) is 9.36. The topological polar surface area (TPSA) is 57.5 Å². The highest BCUT2D eigenvalue weighted by atomic mass is 79.9. The number of halogens is 1. The molecule has 0 radical (unpaired) electrons. The molecule has 0 saturated heterocycles. The van der Waals surface area contributed by atoms with Crippen LogP contribution in [-0.4, -0.2) is 21.8 Å². The Morgan fingerprint density at radius 3 is 2.88 bits per heavy atom. The number of hydrogen-bond acceptors (Lipinski definition) is 3. The van der Waals surface area contributed by atoms with Crippen LogP contribution in [0, 0.1) is 0 Å². The molecule has 94 valence electrons. The van der Waals surface area contributed by atoms with E-state index in [0.29, 0.717) is 6.42 Å². The van der Waals surface area contributed by atoms with Crippen LogP contribution in [0.2, 0.25) is 0 Å². The molecule has 1 aromatic rings. The molecule has 3 nitrogen and oxygen atoms in total. The van der Waals surface area contributed by atoms with Crippen molar-refractivity contribution in [3.05, 3.63) is 20.8 Å². The first-order valence-corrected chi connectivity index (χ1v) is 7.32. The van der Waals surface area contributed by atoms with Crippen molar-refractivity contribution >= 4 is 33.2 Å². The molecule has 17 heavy (non-hydrogen) atoms. The maximum atomic E-state index is 10.9. The van der Waals surface area contributed by atoms with Gasteiger partial charge in [0.2, 0.25) is 0 Å². The van der Waals surface area contributed by atoms with E-state index in [1.54, 1.807) is 11.3 Å². The number of rotatable bonds is 3. The Kier molecular flexibility index (Phi) is 3.90. The van der Waals surface area contributed by atoms with Crippen LogP contribution in [0.1, 0.15) is 42.9 Å². The van der Waals surface area contributed by atoms with Crippen LogP contribution in [0.4, 0.5) is 0 Å². The molecule has 1 aliphatic carbocycles. The summed E-state index contributed by atoms with van der Waals surface area (Å²) in [6.45, 7) is 0. The van der Waals surface area contributed by atoms with E-state index in [2.05, 4.69) is 15.9 Å². The Morgan fingerprint density at radius 2 is 2.29 bits per heavy atom. The quantitative estimate of drug-likeness (QED) is 0.898. The normalized spacial score (nSPS) is 29.2. The minimum absolute atomic E-state index is 0.0383. The highest BCUT2D eigenvalue weighted by molar-refractivity contribution is 9.11. The fraction of sp³-hybridized carbons (Fsp3) is 0.583. The Bertz CT molecular complexity index is 418. The van der Waals surface area contributed by atoms with Gasteiger partial charge in [-0.2, -0.15) is 0 Å². The van der Waals surface area contributed by atoms with Crippen LogP contribution in [0.3, 0.4) is 0 Å². The molecule has 0 spiro atoms. The van der Waals surface area contributed by atoms with Gasteiger partial charge in [-0.3, -0.25) is 4.79 Å². The summed E-state index contributed by atoms with van der Waals surface area (Å²) in [5.74, 6) is -0.960. The predicted molar refractivity (Wildman–Crippen MR) is 70.4 cm³/mol. The first kappa shape index (κ1) is 13.1. The lowest BCUT2D eigenvalue weighted by molar-refractivity contribution is -0.144. The predicted octanol–water partition coefficient (Wildman–Crippen LogP) is 3.37. The van der Waals surface area contributed by atoms with Crippen molar-refractivity contribution < 1.29 is 15.0 Å². The van der Waals surface area contributed by atoms with Gasteiger partial charge in [-0.1, -0.05) is 12.8 Å². The number of thiophene rings is 1. The molecule has 1 aliphatic rings. The second-order valence-corrected chi connectivity index (χ2v) is 7.11. The van der Waals surface area contributed by atoms with Crippen molar-refractivity contribution in [3.8, 4) is 0 Å². The summed E-state index contributed by atoms with van der Waals surface area (Å²) in [7, 11) is 0. The van der Waals surface area contributed by atoms with Gasteiger partial charge in [0.25, 0.3) is 0 Å². The van der Waals surface area contributed by atoms with E-state index in [9.17, 15) is 9.90 Å². The summed E-state index contributed by atoms with van der Waals surface area (Å²) < 4.78 is 1.02. The maximum absolute atomic E-state index is 10.9. The van der Waals surface area contributed by atoms with Crippen LogP contribution in [0.25, 0.3) is 0 Å². The smallest absolute Gasteiger partial charge is 0.306 e. The number of hydrogen-bond donors (Lipinski definition) is 2. The Hall–Kier alpha value is -0.390. The van der Waals surface area contributed by atoms with E-state index in [-0.39, 0.29) is 12.3 Å². The highest BCUT2D eigenvalue weighted by Crippen LogP contribution is 2.45. The minimum atomic E-state index is -1.08. The summed E-state index contributed by atoms with van der Waals surface area (Å²) in [6.07, 6.45) is 3.26. The largest absolute Gasteiger partial charge is 0.481 e.